The molecule has 0 saturated heterocycles. The molecular formula is C20H20N2O5. The van der Waals surface area contributed by atoms with Crippen molar-refractivity contribution in [2.75, 3.05) is 19.0 Å². The molecule has 0 heterocycles. The Morgan fingerprint density at radius 2 is 1.89 bits per heavy atom. The van der Waals surface area contributed by atoms with Gasteiger partial charge in [0.15, 0.2) is 18.1 Å². The Morgan fingerprint density at radius 3 is 2.56 bits per heavy atom. The number of hydrogen-bond donors (Lipinski definition) is 1. The molecule has 0 fully saturated rings. The Balaban J connectivity index is 1.99. The summed E-state index contributed by atoms with van der Waals surface area (Å²) in [5, 5.41) is 11.6. The predicted molar refractivity (Wildman–Crippen MR) is 98.8 cm³/mol. The Kier molecular flexibility index (Phi) is 6.78. The maximum Gasteiger partial charge on any atom is 0.338 e. The summed E-state index contributed by atoms with van der Waals surface area (Å²) in [6, 6.07) is 13.2. The number of methoxy groups -OCH3 is 1. The second kappa shape index (κ2) is 9.25. The first-order valence-corrected chi connectivity index (χ1v) is 8.25. The van der Waals surface area contributed by atoms with Gasteiger partial charge in [-0.3, -0.25) is 4.79 Å². The first kappa shape index (κ1) is 19.8. The lowest BCUT2D eigenvalue weighted by molar-refractivity contribution is -0.119. The van der Waals surface area contributed by atoms with E-state index in [1.165, 1.54) is 19.2 Å². The summed E-state index contributed by atoms with van der Waals surface area (Å²) in [4.78, 5) is 24.1. The smallest absolute Gasteiger partial charge is 0.338 e. The molecule has 27 heavy (non-hydrogen) atoms. The Morgan fingerprint density at radius 1 is 1.15 bits per heavy atom. The minimum absolute atomic E-state index is 0.0447. The van der Waals surface area contributed by atoms with Gasteiger partial charge in [0, 0.05) is 0 Å². The molecule has 7 heteroatoms. The number of amides is 1. The number of benzene rings is 2. The van der Waals surface area contributed by atoms with E-state index in [0.29, 0.717) is 22.7 Å². The van der Waals surface area contributed by atoms with Crippen molar-refractivity contribution in [1.29, 1.82) is 5.26 Å². The minimum Gasteiger partial charge on any atom is -0.493 e. The van der Waals surface area contributed by atoms with Gasteiger partial charge < -0.3 is 19.5 Å². The second-order valence-electron chi connectivity index (χ2n) is 5.81. The Hall–Kier alpha value is -3.53. The maximum atomic E-state index is 12.2. The average Bonchev–Trinajstić information content (AvgIpc) is 2.66. The molecule has 1 amide bonds. The van der Waals surface area contributed by atoms with Crippen LogP contribution in [-0.4, -0.2) is 31.7 Å². The van der Waals surface area contributed by atoms with E-state index in [1.54, 1.807) is 30.3 Å². The van der Waals surface area contributed by atoms with Gasteiger partial charge in [-0.05, 0) is 44.2 Å². The largest absolute Gasteiger partial charge is 0.493 e. The van der Waals surface area contributed by atoms with Crippen molar-refractivity contribution < 1.29 is 23.8 Å². The maximum absolute atomic E-state index is 12.2. The van der Waals surface area contributed by atoms with Crippen LogP contribution in [-0.2, 0) is 9.53 Å². The molecular weight excluding hydrogens is 348 g/mol. The number of nitriles is 1. The third-order valence-corrected chi connectivity index (χ3v) is 3.42. The molecule has 0 bridgehead atoms. The van der Waals surface area contributed by atoms with E-state index >= 15 is 0 Å². The van der Waals surface area contributed by atoms with Crippen molar-refractivity contribution in [1.82, 2.24) is 0 Å². The monoisotopic (exact) mass is 368 g/mol. The van der Waals surface area contributed by atoms with Gasteiger partial charge in [0.25, 0.3) is 5.91 Å². The van der Waals surface area contributed by atoms with Crippen LogP contribution in [0.2, 0.25) is 0 Å². The van der Waals surface area contributed by atoms with Crippen LogP contribution >= 0.6 is 0 Å². The molecule has 0 aliphatic heterocycles. The number of ether oxygens (including phenoxy) is 3. The summed E-state index contributed by atoms with van der Waals surface area (Å²) in [6.45, 7) is 3.28. The first-order valence-electron chi connectivity index (χ1n) is 8.25. The van der Waals surface area contributed by atoms with Crippen LogP contribution in [0.1, 0.15) is 29.8 Å². The zero-order chi connectivity index (χ0) is 19.8. The van der Waals surface area contributed by atoms with Gasteiger partial charge in [0.2, 0.25) is 0 Å². The summed E-state index contributed by atoms with van der Waals surface area (Å²) >= 11 is 0. The van der Waals surface area contributed by atoms with Crippen molar-refractivity contribution in [2.45, 2.75) is 20.0 Å². The highest BCUT2D eigenvalue weighted by Gasteiger charge is 2.15. The summed E-state index contributed by atoms with van der Waals surface area (Å²) < 4.78 is 15.8. The number of anilines is 1. The van der Waals surface area contributed by atoms with Gasteiger partial charge >= 0.3 is 5.97 Å². The lowest BCUT2D eigenvalue weighted by atomic mass is 10.2. The highest BCUT2D eigenvalue weighted by Crippen LogP contribution is 2.29. The predicted octanol–water partition coefficient (Wildman–Crippen LogP) is 3.15. The molecule has 0 atom stereocenters. The topological polar surface area (TPSA) is 97.6 Å². The van der Waals surface area contributed by atoms with Crippen molar-refractivity contribution in [2.24, 2.45) is 0 Å². The molecule has 0 unspecified atom stereocenters. The summed E-state index contributed by atoms with van der Waals surface area (Å²) in [6.07, 6.45) is -0.0447. The number of hydrogen-bond acceptors (Lipinski definition) is 6. The zero-order valence-corrected chi connectivity index (χ0v) is 15.3. The molecule has 0 aromatic heterocycles. The summed E-state index contributed by atoms with van der Waals surface area (Å²) in [5.74, 6) is -0.314. The van der Waals surface area contributed by atoms with E-state index in [-0.39, 0.29) is 11.7 Å². The van der Waals surface area contributed by atoms with Crippen LogP contribution in [0.4, 0.5) is 5.69 Å². The van der Waals surface area contributed by atoms with Crippen molar-refractivity contribution >= 4 is 17.6 Å². The highest BCUT2D eigenvalue weighted by atomic mass is 16.5. The van der Waals surface area contributed by atoms with Crippen molar-refractivity contribution in [3.63, 3.8) is 0 Å². The zero-order valence-electron chi connectivity index (χ0n) is 15.3. The molecule has 2 aromatic carbocycles. The minimum atomic E-state index is -0.673. The summed E-state index contributed by atoms with van der Waals surface area (Å²) in [7, 11) is 1.47. The number of carbonyl (C=O) groups excluding carboxylic acids is 2. The van der Waals surface area contributed by atoms with E-state index in [9.17, 15) is 9.59 Å². The van der Waals surface area contributed by atoms with Gasteiger partial charge in [-0.1, -0.05) is 12.1 Å². The molecule has 0 radical (unpaired) electrons. The molecule has 7 nitrogen and oxygen atoms in total. The van der Waals surface area contributed by atoms with Crippen LogP contribution < -0.4 is 14.8 Å². The molecule has 0 aliphatic carbocycles. The van der Waals surface area contributed by atoms with Crippen LogP contribution in [0.3, 0.4) is 0 Å². The molecule has 2 rings (SSSR count). The van der Waals surface area contributed by atoms with E-state index in [2.05, 4.69) is 5.32 Å². The fourth-order valence-electron chi connectivity index (χ4n) is 2.24. The molecule has 1 N–H and O–H groups in total. The number of carbonyl (C=O) groups is 2. The van der Waals surface area contributed by atoms with Gasteiger partial charge in [-0.2, -0.15) is 5.26 Å². The highest BCUT2D eigenvalue weighted by molar-refractivity contribution is 5.96. The van der Waals surface area contributed by atoms with E-state index in [1.807, 2.05) is 19.9 Å². The standard InChI is InChI=1S/C20H20N2O5/c1-13(2)27-17-9-8-14(10-18(17)25-3)20(24)26-12-19(23)22-16-7-5-4-6-15(16)11-21/h4-10,13H,12H2,1-3H3,(H,22,23). The molecule has 0 aliphatic rings. The Labute approximate surface area is 157 Å². The Bertz CT molecular complexity index is 871. The number of para-hydroxylation sites is 1. The molecule has 0 spiro atoms. The number of rotatable bonds is 7. The van der Waals surface area contributed by atoms with Crippen LogP contribution in [0.5, 0.6) is 11.5 Å². The summed E-state index contributed by atoms with van der Waals surface area (Å²) in [5.41, 5.74) is 0.911. The molecule has 140 valence electrons. The van der Waals surface area contributed by atoms with Gasteiger partial charge in [-0.25, -0.2) is 4.79 Å². The van der Waals surface area contributed by atoms with E-state index in [4.69, 9.17) is 19.5 Å². The van der Waals surface area contributed by atoms with Crippen LogP contribution in [0.15, 0.2) is 42.5 Å². The lowest BCUT2D eigenvalue weighted by Crippen LogP contribution is -2.21. The van der Waals surface area contributed by atoms with E-state index < -0.39 is 18.5 Å². The average molecular weight is 368 g/mol. The fourth-order valence-corrected chi connectivity index (χ4v) is 2.24. The fraction of sp³-hybridized carbons (Fsp3) is 0.250. The second-order valence-corrected chi connectivity index (χ2v) is 5.81. The first-order chi connectivity index (χ1) is 12.9. The SMILES string of the molecule is COc1cc(C(=O)OCC(=O)Nc2ccccc2C#N)ccc1OC(C)C. The molecule has 2 aromatic rings. The van der Waals surface area contributed by atoms with Crippen molar-refractivity contribution in [3.8, 4) is 17.6 Å². The van der Waals surface area contributed by atoms with Gasteiger partial charge in [0.1, 0.15) is 6.07 Å². The molecule has 0 saturated carbocycles. The lowest BCUT2D eigenvalue weighted by Gasteiger charge is -2.14. The normalized spacial score (nSPS) is 10.0. The van der Waals surface area contributed by atoms with Crippen LogP contribution in [0.25, 0.3) is 0 Å². The number of nitrogens with zero attached hydrogens (tertiary/aromatic N) is 1. The quantitative estimate of drug-likeness (QED) is 0.754. The number of nitrogens with one attached hydrogen (secondary N) is 1. The van der Waals surface area contributed by atoms with Gasteiger partial charge in [-0.15, -0.1) is 0 Å². The number of esters is 1. The third-order valence-electron chi connectivity index (χ3n) is 3.42. The van der Waals surface area contributed by atoms with Crippen molar-refractivity contribution in [3.05, 3.63) is 53.6 Å². The third kappa shape index (κ3) is 5.47. The van der Waals surface area contributed by atoms with Gasteiger partial charge in [0.05, 0.1) is 30.0 Å². The van der Waals surface area contributed by atoms with Crippen LogP contribution in [0, 0.1) is 11.3 Å². The van der Waals surface area contributed by atoms with E-state index in [0.717, 1.165) is 0 Å².